The van der Waals surface area contributed by atoms with E-state index in [1.165, 1.54) is 51.9 Å². The van der Waals surface area contributed by atoms with Crippen LogP contribution in [-0.4, -0.2) is 0 Å². The Morgan fingerprint density at radius 3 is 1.68 bits per heavy atom. The smallest absolute Gasteiger partial charge is 0.00285 e. The SMILES string of the molecule is C=C1CCCC(C)(C)[C@H]1/C=C/C(C)=C/C=C/C(C)=C/C=C/C=C(C)/C=C/C=C(C)/C=C/C=C(\C)CCC=C(C)C. The molecule has 40 heavy (non-hydrogen) atoms. The van der Waals surface area contributed by atoms with Gasteiger partial charge in [0.15, 0.2) is 0 Å². The molecule has 0 aliphatic heterocycles. The molecule has 0 heteroatoms. The zero-order chi connectivity index (χ0) is 30.0. The maximum Gasteiger partial charge on any atom is 0.00285 e. The van der Waals surface area contributed by atoms with Gasteiger partial charge < -0.3 is 0 Å². The molecule has 0 heterocycles. The van der Waals surface area contributed by atoms with Crippen LogP contribution in [-0.2, 0) is 0 Å². The van der Waals surface area contributed by atoms with Gasteiger partial charge in [0.1, 0.15) is 0 Å². The van der Waals surface area contributed by atoms with Crippen molar-refractivity contribution in [2.75, 3.05) is 0 Å². The van der Waals surface area contributed by atoms with E-state index in [4.69, 9.17) is 0 Å². The highest BCUT2D eigenvalue weighted by atomic mass is 14.4. The largest absolute Gasteiger partial charge is 0.0992 e. The molecule has 0 saturated heterocycles. The minimum absolute atomic E-state index is 0.311. The van der Waals surface area contributed by atoms with Gasteiger partial charge in [-0.15, -0.1) is 0 Å². The molecule has 0 N–H and O–H groups in total. The Hall–Kier alpha value is -3.12. The topological polar surface area (TPSA) is 0 Å². The molecule has 0 aromatic heterocycles. The molecule has 1 aliphatic carbocycles. The van der Waals surface area contributed by atoms with Crippen molar-refractivity contribution in [3.05, 3.63) is 143 Å². The molecule has 0 radical (unpaired) electrons. The summed E-state index contributed by atoms with van der Waals surface area (Å²) in [5.41, 5.74) is 9.43. The van der Waals surface area contributed by atoms with E-state index < -0.39 is 0 Å². The molecule has 0 bridgehead atoms. The first-order valence-corrected chi connectivity index (χ1v) is 15.0. The first-order valence-electron chi connectivity index (χ1n) is 15.0. The summed E-state index contributed by atoms with van der Waals surface area (Å²) in [5, 5.41) is 0. The molecule has 1 fully saturated rings. The van der Waals surface area contributed by atoms with Crippen molar-refractivity contribution in [3.8, 4) is 0 Å². The van der Waals surface area contributed by atoms with Crippen LogP contribution in [0.3, 0.4) is 0 Å². The second-order valence-corrected chi connectivity index (χ2v) is 12.3. The molecular weight excluding hydrogens is 480 g/mol. The van der Waals surface area contributed by atoms with Crippen LogP contribution in [0.25, 0.3) is 0 Å². The molecule has 0 aromatic rings. The Morgan fingerprint density at radius 1 is 0.700 bits per heavy atom. The normalized spacial score (nSPS) is 20.3. The van der Waals surface area contributed by atoms with E-state index in [1.54, 1.807) is 0 Å². The second-order valence-electron chi connectivity index (χ2n) is 12.3. The summed E-state index contributed by atoms with van der Waals surface area (Å²) in [5.74, 6) is 0.475. The van der Waals surface area contributed by atoms with E-state index in [9.17, 15) is 0 Å². The minimum atomic E-state index is 0.311. The third-order valence-electron chi connectivity index (χ3n) is 7.25. The molecule has 0 aromatic carbocycles. The van der Waals surface area contributed by atoms with Crippen LogP contribution in [0.4, 0.5) is 0 Å². The van der Waals surface area contributed by atoms with Gasteiger partial charge in [0.25, 0.3) is 0 Å². The van der Waals surface area contributed by atoms with Gasteiger partial charge in [-0.2, -0.15) is 0 Å². The Kier molecular flexibility index (Phi) is 16.6. The molecule has 1 saturated carbocycles. The number of allylic oxidation sites excluding steroid dienone is 23. The van der Waals surface area contributed by atoms with Gasteiger partial charge in [0.05, 0.1) is 0 Å². The Bertz CT molecular complexity index is 1150. The summed E-state index contributed by atoms with van der Waals surface area (Å²) in [6, 6.07) is 0. The van der Waals surface area contributed by atoms with Crippen LogP contribution in [0.1, 0.15) is 94.4 Å². The third kappa shape index (κ3) is 16.1. The fraction of sp³-hybridized carbons (Fsp3) is 0.400. The van der Waals surface area contributed by atoms with E-state index in [0.29, 0.717) is 11.3 Å². The molecular formula is C40H56. The van der Waals surface area contributed by atoms with Crippen molar-refractivity contribution in [2.24, 2.45) is 11.3 Å². The van der Waals surface area contributed by atoms with Crippen LogP contribution < -0.4 is 0 Å². The van der Waals surface area contributed by atoms with Crippen LogP contribution in [0, 0.1) is 11.3 Å². The highest BCUT2D eigenvalue weighted by Crippen LogP contribution is 2.43. The predicted octanol–water partition coefficient (Wildman–Crippen LogP) is 12.6. The molecule has 1 rings (SSSR count). The van der Waals surface area contributed by atoms with Crippen molar-refractivity contribution >= 4 is 0 Å². The van der Waals surface area contributed by atoms with Gasteiger partial charge in [0.2, 0.25) is 0 Å². The highest BCUT2D eigenvalue weighted by Gasteiger charge is 2.32. The maximum atomic E-state index is 4.33. The first-order chi connectivity index (χ1) is 18.9. The van der Waals surface area contributed by atoms with Gasteiger partial charge in [-0.3, -0.25) is 0 Å². The number of rotatable bonds is 13. The molecule has 216 valence electrons. The van der Waals surface area contributed by atoms with Crippen molar-refractivity contribution < 1.29 is 0 Å². The van der Waals surface area contributed by atoms with Crippen LogP contribution in [0.2, 0.25) is 0 Å². The van der Waals surface area contributed by atoms with Gasteiger partial charge >= 0.3 is 0 Å². The lowest BCUT2D eigenvalue weighted by Gasteiger charge is -2.38. The second kappa shape index (κ2) is 19.0. The molecule has 0 nitrogen and oxygen atoms in total. The lowest BCUT2D eigenvalue weighted by molar-refractivity contribution is 0.228. The number of hydrogen-bond acceptors (Lipinski definition) is 0. The van der Waals surface area contributed by atoms with E-state index in [1.807, 2.05) is 0 Å². The molecule has 0 unspecified atom stereocenters. The van der Waals surface area contributed by atoms with Crippen molar-refractivity contribution in [1.29, 1.82) is 0 Å². The highest BCUT2D eigenvalue weighted by molar-refractivity contribution is 5.32. The van der Waals surface area contributed by atoms with Crippen molar-refractivity contribution in [3.63, 3.8) is 0 Å². The van der Waals surface area contributed by atoms with Crippen molar-refractivity contribution in [2.45, 2.75) is 94.4 Å². The van der Waals surface area contributed by atoms with E-state index in [-0.39, 0.29) is 0 Å². The standard InChI is InChI=1S/C40H56/c1-32(2)18-13-21-35(5)24-15-26-36(6)25-14-22-33(3)19-11-12-20-34(4)23-16-27-37(7)29-30-39-38(8)28-17-31-40(39,9)10/h11-12,14-16,18-20,22-27,29-30,39H,8,13,17,21,28,31H2,1-7,9-10H3/b12-11+,22-14+,23-16+,26-15+,30-29+,33-19+,34-20+,35-24+,36-25+,37-27+/t39-/m0/s1. The van der Waals surface area contributed by atoms with Gasteiger partial charge in [0, 0.05) is 5.92 Å². The first kappa shape index (κ1) is 34.9. The average Bonchev–Trinajstić information content (AvgIpc) is 2.85. The lowest BCUT2D eigenvalue weighted by Crippen LogP contribution is -2.27. The lowest BCUT2D eigenvalue weighted by atomic mass is 9.66. The third-order valence-corrected chi connectivity index (χ3v) is 7.25. The molecule has 1 atom stereocenters. The molecule has 1 aliphatic rings. The summed E-state index contributed by atoms with van der Waals surface area (Å²) >= 11 is 0. The van der Waals surface area contributed by atoms with E-state index in [0.717, 1.165) is 19.3 Å². The van der Waals surface area contributed by atoms with Crippen LogP contribution in [0.15, 0.2) is 143 Å². The van der Waals surface area contributed by atoms with Crippen LogP contribution in [0.5, 0.6) is 0 Å². The van der Waals surface area contributed by atoms with Gasteiger partial charge in [-0.05, 0) is 86.0 Å². The Balaban J connectivity index is 2.56. The monoisotopic (exact) mass is 536 g/mol. The maximum absolute atomic E-state index is 4.33. The average molecular weight is 537 g/mol. The summed E-state index contributed by atoms with van der Waals surface area (Å²) in [6.07, 6.45) is 40.7. The summed E-state index contributed by atoms with van der Waals surface area (Å²) in [4.78, 5) is 0. The summed E-state index contributed by atoms with van der Waals surface area (Å²) < 4.78 is 0. The van der Waals surface area contributed by atoms with E-state index in [2.05, 4.69) is 166 Å². The van der Waals surface area contributed by atoms with Crippen molar-refractivity contribution in [1.82, 2.24) is 0 Å². The molecule has 0 amide bonds. The zero-order valence-corrected chi connectivity index (χ0v) is 27.1. The van der Waals surface area contributed by atoms with E-state index >= 15 is 0 Å². The zero-order valence-electron chi connectivity index (χ0n) is 27.1. The molecule has 0 spiro atoms. The summed E-state index contributed by atoms with van der Waals surface area (Å²) in [6.45, 7) is 24.1. The fourth-order valence-electron chi connectivity index (χ4n) is 4.66. The Labute approximate surface area is 248 Å². The van der Waals surface area contributed by atoms with Gasteiger partial charge in [-0.1, -0.05) is 157 Å². The van der Waals surface area contributed by atoms with Crippen LogP contribution >= 0.6 is 0 Å². The predicted molar refractivity (Wildman–Crippen MR) is 183 cm³/mol. The number of hydrogen-bond donors (Lipinski definition) is 0. The van der Waals surface area contributed by atoms with Gasteiger partial charge in [-0.25, -0.2) is 0 Å². The summed E-state index contributed by atoms with van der Waals surface area (Å²) in [7, 11) is 0. The quantitative estimate of drug-likeness (QED) is 0.162. The Morgan fingerprint density at radius 2 is 1.18 bits per heavy atom. The minimum Gasteiger partial charge on any atom is -0.0992 e. The fourth-order valence-corrected chi connectivity index (χ4v) is 4.66.